The van der Waals surface area contributed by atoms with Crippen LogP contribution in [0, 0.1) is 13.8 Å². The lowest BCUT2D eigenvalue weighted by Crippen LogP contribution is -2.37. The van der Waals surface area contributed by atoms with E-state index in [4.69, 9.17) is 0 Å². The van der Waals surface area contributed by atoms with Crippen LogP contribution in [0.15, 0.2) is 29.3 Å². The Bertz CT molecular complexity index is 811. The fraction of sp³-hybridized carbons (Fsp3) is 0.450. The summed E-state index contributed by atoms with van der Waals surface area (Å²) in [6.07, 6.45) is 0.896. The molecule has 0 aliphatic heterocycles. The number of carbonyl (C=O) groups excluding carboxylic acids is 1. The van der Waals surface area contributed by atoms with E-state index in [9.17, 15) is 4.79 Å². The van der Waals surface area contributed by atoms with Gasteiger partial charge in [0.05, 0.1) is 5.69 Å². The molecule has 0 atom stereocenters. The Morgan fingerprint density at radius 1 is 1.18 bits per heavy atom. The minimum absolute atomic E-state index is 0. The van der Waals surface area contributed by atoms with Gasteiger partial charge in [0, 0.05) is 52.5 Å². The molecule has 0 aliphatic rings. The topological polar surface area (TPSA) is 74.5 Å². The lowest BCUT2D eigenvalue weighted by molar-refractivity contribution is 0.0827. The molecule has 1 aromatic carbocycles. The van der Waals surface area contributed by atoms with Crippen LogP contribution in [-0.2, 0) is 20.0 Å². The Hall–Kier alpha value is -2.10. The van der Waals surface area contributed by atoms with E-state index >= 15 is 0 Å². The number of aromatic nitrogens is 2. The van der Waals surface area contributed by atoms with E-state index in [-0.39, 0.29) is 29.9 Å². The van der Waals surface area contributed by atoms with Crippen LogP contribution in [0.2, 0.25) is 0 Å². The van der Waals surface area contributed by atoms with Gasteiger partial charge in [0.2, 0.25) is 0 Å². The highest BCUT2D eigenvalue weighted by molar-refractivity contribution is 14.0. The van der Waals surface area contributed by atoms with Crippen LogP contribution in [0.3, 0.4) is 0 Å². The van der Waals surface area contributed by atoms with Gasteiger partial charge in [-0.1, -0.05) is 12.1 Å². The summed E-state index contributed by atoms with van der Waals surface area (Å²) < 4.78 is 1.92. The third-order valence-corrected chi connectivity index (χ3v) is 4.62. The number of nitrogens with zero attached hydrogens (tertiary/aromatic N) is 4. The van der Waals surface area contributed by atoms with Crippen molar-refractivity contribution in [2.24, 2.45) is 12.0 Å². The Labute approximate surface area is 184 Å². The van der Waals surface area contributed by atoms with Crippen LogP contribution >= 0.6 is 24.0 Å². The Morgan fingerprint density at radius 3 is 2.32 bits per heavy atom. The van der Waals surface area contributed by atoms with Gasteiger partial charge >= 0.3 is 0 Å². The molecule has 2 aromatic rings. The molecule has 28 heavy (non-hydrogen) atoms. The monoisotopic (exact) mass is 498 g/mol. The number of carbonyl (C=O) groups is 1. The van der Waals surface area contributed by atoms with Crippen molar-refractivity contribution in [3.63, 3.8) is 0 Å². The standard InChI is InChI=1S/C20H30N6O.HI/c1-14-18(15(2)26(6)24-14)11-12-22-20(21-3)23-13-16-7-9-17(10-8-16)19(27)25(4)5;/h7-10H,11-13H2,1-6H3,(H2,21,22,23);1H. The van der Waals surface area contributed by atoms with Crippen LogP contribution in [0.5, 0.6) is 0 Å². The van der Waals surface area contributed by atoms with Gasteiger partial charge in [0.1, 0.15) is 0 Å². The van der Waals surface area contributed by atoms with Gasteiger partial charge in [-0.25, -0.2) is 0 Å². The lowest BCUT2D eigenvalue weighted by Gasteiger charge is -2.13. The highest BCUT2D eigenvalue weighted by Gasteiger charge is 2.09. The summed E-state index contributed by atoms with van der Waals surface area (Å²) in [7, 11) is 7.23. The summed E-state index contributed by atoms with van der Waals surface area (Å²) in [6, 6.07) is 7.62. The number of nitrogens with one attached hydrogen (secondary N) is 2. The van der Waals surface area contributed by atoms with Crippen LogP contribution in [0.4, 0.5) is 0 Å². The first-order valence-corrected chi connectivity index (χ1v) is 9.07. The van der Waals surface area contributed by atoms with Crippen LogP contribution in [0.25, 0.3) is 0 Å². The quantitative estimate of drug-likeness (QED) is 0.364. The number of halogens is 1. The summed E-state index contributed by atoms with van der Waals surface area (Å²) >= 11 is 0. The summed E-state index contributed by atoms with van der Waals surface area (Å²) in [5.41, 5.74) is 5.33. The molecule has 0 saturated carbocycles. The smallest absolute Gasteiger partial charge is 0.253 e. The molecule has 1 amide bonds. The summed E-state index contributed by atoms with van der Waals surface area (Å²) in [5.74, 6) is 0.760. The maximum absolute atomic E-state index is 11.9. The number of guanidine groups is 1. The van der Waals surface area contributed by atoms with E-state index in [0.29, 0.717) is 12.1 Å². The maximum atomic E-state index is 11.9. The number of benzene rings is 1. The molecule has 0 unspecified atom stereocenters. The number of hydrogen-bond acceptors (Lipinski definition) is 3. The average molecular weight is 498 g/mol. The highest BCUT2D eigenvalue weighted by atomic mass is 127. The fourth-order valence-corrected chi connectivity index (χ4v) is 2.91. The molecule has 2 N–H and O–H groups in total. The number of aliphatic imine (C=N–C) groups is 1. The van der Waals surface area contributed by atoms with Crippen molar-refractivity contribution >= 4 is 35.8 Å². The van der Waals surface area contributed by atoms with Crippen molar-refractivity contribution in [2.45, 2.75) is 26.8 Å². The predicted molar refractivity (Wildman–Crippen MR) is 124 cm³/mol. The molecule has 2 rings (SSSR count). The van der Waals surface area contributed by atoms with Gasteiger partial charge in [0.15, 0.2) is 5.96 Å². The van der Waals surface area contributed by atoms with Crippen molar-refractivity contribution in [3.05, 3.63) is 52.3 Å². The van der Waals surface area contributed by atoms with Crippen molar-refractivity contribution in [1.82, 2.24) is 25.3 Å². The summed E-state index contributed by atoms with van der Waals surface area (Å²) in [4.78, 5) is 17.8. The van der Waals surface area contributed by atoms with E-state index in [1.165, 1.54) is 11.3 Å². The van der Waals surface area contributed by atoms with Gasteiger partial charge in [-0.2, -0.15) is 5.10 Å². The molecule has 1 heterocycles. The predicted octanol–water partition coefficient (Wildman–Crippen LogP) is 2.26. The van der Waals surface area contributed by atoms with Crippen molar-refractivity contribution in [1.29, 1.82) is 0 Å². The normalized spacial score (nSPS) is 11.0. The van der Waals surface area contributed by atoms with Gasteiger partial charge in [-0.15, -0.1) is 24.0 Å². The molecular formula is C20H31IN6O. The van der Waals surface area contributed by atoms with Crippen molar-refractivity contribution < 1.29 is 4.79 Å². The zero-order chi connectivity index (χ0) is 20.0. The fourth-order valence-electron chi connectivity index (χ4n) is 2.91. The molecule has 0 spiro atoms. The van der Waals surface area contributed by atoms with Crippen LogP contribution < -0.4 is 10.6 Å². The minimum atomic E-state index is 0. The first-order chi connectivity index (χ1) is 12.8. The first-order valence-electron chi connectivity index (χ1n) is 9.07. The number of rotatable bonds is 6. The number of amides is 1. The first kappa shape index (κ1) is 23.9. The van der Waals surface area contributed by atoms with Crippen molar-refractivity contribution in [3.8, 4) is 0 Å². The van der Waals surface area contributed by atoms with Crippen LogP contribution in [-0.4, -0.2) is 54.2 Å². The van der Waals surface area contributed by atoms with E-state index < -0.39 is 0 Å². The molecule has 0 radical (unpaired) electrons. The second-order valence-corrected chi connectivity index (χ2v) is 6.77. The van der Waals surface area contributed by atoms with Crippen molar-refractivity contribution in [2.75, 3.05) is 27.7 Å². The molecule has 7 nitrogen and oxygen atoms in total. The second-order valence-electron chi connectivity index (χ2n) is 6.77. The maximum Gasteiger partial charge on any atom is 0.253 e. The largest absolute Gasteiger partial charge is 0.356 e. The van der Waals surface area contributed by atoms with E-state index in [2.05, 4.69) is 27.6 Å². The van der Waals surface area contributed by atoms with E-state index in [1.807, 2.05) is 42.9 Å². The highest BCUT2D eigenvalue weighted by Crippen LogP contribution is 2.11. The molecule has 1 aromatic heterocycles. The SMILES string of the molecule is CN=C(NCCc1c(C)nn(C)c1C)NCc1ccc(C(=O)N(C)C)cc1.I. The lowest BCUT2D eigenvalue weighted by atomic mass is 10.1. The van der Waals surface area contributed by atoms with Gasteiger partial charge in [-0.3, -0.25) is 14.5 Å². The zero-order valence-corrected chi connectivity index (χ0v) is 19.9. The molecule has 0 bridgehead atoms. The Kier molecular flexibility index (Phi) is 9.44. The van der Waals surface area contributed by atoms with Crippen LogP contribution in [0.1, 0.15) is 32.9 Å². The zero-order valence-electron chi connectivity index (χ0n) is 17.5. The molecule has 0 fully saturated rings. The van der Waals surface area contributed by atoms with Gasteiger partial charge < -0.3 is 15.5 Å². The Morgan fingerprint density at radius 2 is 1.82 bits per heavy atom. The van der Waals surface area contributed by atoms with E-state index in [0.717, 1.165) is 30.2 Å². The summed E-state index contributed by atoms with van der Waals surface area (Å²) in [5, 5.41) is 11.1. The average Bonchev–Trinajstić information content (AvgIpc) is 2.90. The number of aryl methyl sites for hydroxylation is 2. The molecule has 154 valence electrons. The summed E-state index contributed by atoms with van der Waals surface area (Å²) in [6.45, 7) is 5.55. The van der Waals surface area contributed by atoms with Gasteiger partial charge in [0.25, 0.3) is 5.91 Å². The molecular weight excluding hydrogens is 467 g/mol. The molecule has 0 saturated heterocycles. The van der Waals surface area contributed by atoms with Gasteiger partial charge in [-0.05, 0) is 43.5 Å². The minimum Gasteiger partial charge on any atom is -0.356 e. The third-order valence-electron chi connectivity index (χ3n) is 4.62. The second kappa shape index (κ2) is 11.0. The third kappa shape index (κ3) is 6.22. The molecule has 8 heteroatoms. The molecule has 0 aliphatic carbocycles. The van der Waals surface area contributed by atoms with E-state index in [1.54, 1.807) is 26.0 Å². The number of hydrogen-bond donors (Lipinski definition) is 2. The Balaban J connectivity index is 0.00000392.